The fraction of sp³-hybridized carbons (Fsp3) is 0.636. The van der Waals surface area contributed by atoms with Crippen molar-refractivity contribution < 1.29 is 0 Å². The molecule has 0 radical (unpaired) electrons. The number of halogens is 2. The smallest absolute Gasteiger partial charge is 0.0296 e. The molecule has 74 valence electrons. The second-order valence-corrected chi connectivity index (χ2v) is 6.23. The molecule has 0 fully saturated rings. The molecule has 2 heteroatoms. The molecule has 0 aromatic rings. The molecule has 1 aliphatic carbocycles. The van der Waals surface area contributed by atoms with Gasteiger partial charge in [-0.3, -0.25) is 0 Å². The van der Waals surface area contributed by atoms with Gasteiger partial charge in [0.25, 0.3) is 0 Å². The Balaban J connectivity index is 2.49. The Morgan fingerprint density at radius 2 is 2.23 bits per heavy atom. The lowest BCUT2D eigenvalue weighted by Crippen LogP contribution is -2.07. The number of rotatable bonds is 4. The summed E-state index contributed by atoms with van der Waals surface area (Å²) in [7, 11) is 0. The fourth-order valence-electron chi connectivity index (χ4n) is 1.68. The lowest BCUT2D eigenvalue weighted by atomic mass is 9.94. The van der Waals surface area contributed by atoms with E-state index in [1.807, 2.05) is 0 Å². The van der Waals surface area contributed by atoms with Crippen molar-refractivity contribution >= 4 is 45.2 Å². The molecule has 0 aromatic carbocycles. The summed E-state index contributed by atoms with van der Waals surface area (Å²) in [6.45, 7) is 6.78. The fourth-order valence-corrected chi connectivity index (χ4v) is 3.44. The second kappa shape index (κ2) is 5.14. The Hall–Kier alpha value is 0.940. The first-order valence-electron chi connectivity index (χ1n) is 4.68. The molecule has 3 atom stereocenters. The van der Waals surface area contributed by atoms with Crippen molar-refractivity contribution in [2.75, 3.05) is 4.43 Å². The van der Waals surface area contributed by atoms with Crippen LogP contribution < -0.4 is 0 Å². The zero-order valence-electron chi connectivity index (χ0n) is 8.35. The second-order valence-electron chi connectivity index (χ2n) is 3.59. The van der Waals surface area contributed by atoms with Crippen LogP contribution in [0.1, 0.15) is 20.8 Å². The molecule has 0 bridgehead atoms. The van der Waals surface area contributed by atoms with Crippen molar-refractivity contribution in [3.8, 4) is 0 Å². The monoisotopic (exact) mass is 402 g/mol. The summed E-state index contributed by atoms with van der Waals surface area (Å²) in [5.41, 5.74) is 3.24. The number of hydrogen-bond donors (Lipinski definition) is 0. The lowest BCUT2D eigenvalue weighted by molar-refractivity contribution is 0.615. The molecule has 0 unspecified atom stereocenters. The summed E-state index contributed by atoms with van der Waals surface area (Å²) in [5, 5.41) is 0. The normalized spacial score (nSPS) is 26.7. The predicted molar refractivity (Wildman–Crippen MR) is 76.9 cm³/mol. The van der Waals surface area contributed by atoms with Gasteiger partial charge in [-0.05, 0) is 19.8 Å². The van der Waals surface area contributed by atoms with Crippen LogP contribution in [0.5, 0.6) is 0 Å². The van der Waals surface area contributed by atoms with Crippen molar-refractivity contribution in [1.82, 2.24) is 0 Å². The van der Waals surface area contributed by atoms with Crippen LogP contribution in [0.2, 0.25) is 0 Å². The van der Waals surface area contributed by atoms with E-state index in [2.05, 4.69) is 78.1 Å². The molecule has 0 spiro atoms. The maximum absolute atomic E-state index is 2.50. The highest BCUT2D eigenvalue weighted by molar-refractivity contribution is 14.1. The van der Waals surface area contributed by atoms with Gasteiger partial charge in [0, 0.05) is 14.3 Å². The van der Waals surface area contributed by atoms with Crippen LogP contribution in [0.25, 0.3) is 0 Å². The highest BCUT2D eigenvalue weighted by atomic mass is 127. The van der Waals surface area contributed by atoms with Gasteiger partial charge in [-0.1, -0.05) is 75.4 Å². The van der Waals surface area contributed by atoms with E-state index in [1.54, 1.807) is 11.1 Å². The minimum Gasteiger partial charge on any atom is -0.0874 e. The lowest BCUT2D eigenvalue weighted by Gasteiger charge is -2.14. The molecule has 0 aliphatic heterocycles. The maximum Gasteiger partial charge on any atom is 0.0296 e. The average molecular weight is 402 g/mol. The molecular weight excluding hydrogens is 386 g/mol. The van der Waals surface area contributed by atoms with Crippen LogP contribution in [-0.2, 0) is 0 Å². The van der Waals surface area contributed by atoms with Crippen LogP contribution in [0.3, 0.4) is 0 Å². The molecule has 0 N–H and O–H groups in total. The predicted octanol–water partition coefficient (Wildman–Crippen LogP) is 4.38. The minimum atomic E-state index is 0.720. The zero-order valence-corrected chi connectivity index (χ0v) is 12.7. The van der Waals surface area contributed by atoms with E-state index >= 15 is 0 Å². The topological polar surface area (TPSA) is 0 Å². The number of alkyl halides is 2. The molecular formula is C11H16I2. The first-order chi connectivity index (χ1) is 6.11. The van der Waals surface area contributed by atoms with Crippen molar-refractivity contribution in [1.29, 1.82) is 0 Å². The van der Waals surface area contributed by atoms with E-state index in [0.717, 1.165) is 15.8 Å². The van der Waals surface area contributed by atoms with Crippen molar-refractivity contribution in [3.05, 3.63) is 23.3 Å². The van der Waals surface area contributed by atoms with Crippen LogP contribution in [0.4, 0.5) is 0 Å². The Bertz CT molecular complexity index is 238. The highest BCUT2D eigenvalue weighted by Gasteiger charge is 2.33. The van der Waals surface area contributed by atoms with E-state index in [1.165, 1.54) is 4.43 Å². The van der Waals surface area contributed by atoms with Gasteiger partial charge in [-0.15, -0.1) is 0 Å². The van der Waals surface area contributed by atoms with Crippen molar-refractivity contribution in [2.24, 2.45) is 11.8 Å². The van der Waals surface area contributed by atoms with Gasteiger partial charge < -0.3 is 0 Å². The van der Waals surface area contributed by atoms with Crippen molar-refractivity contribution in [3.63, 3.8) is 0 Å². The van der Waals surface area contributed by atoms with Gasteiger partial charge >= 0.3 is 0 Å². The first-order valence-corrected chi connectivity index (χ1v) is 7.45. The molecule has 0 nitrogen and oxygen atoms in total. The summed E-state index contributed by atoms with van der Waals surface area (Å²) in [5.74, 6) is 1.50. The van der Waals surface area contributed by atoms with E-state index in [9.17, 15) is 0 Å². The van der Waals surface area contributed by atoms with E-state index < -0.39 is 0 Å². The van der Waals surface area contributed by atoms with Crippen LogP contribution >= 0.6 is 45.2 Å². The Labute approximate surface area is 109 Å². The first kappa shape index (κ1) is 12.0. The summed E-state index contributed by atoms with van der Waals surface area (Å²) in [6, 6.07) is 0. The van der Waals surface area contributed by atoms with Crippen LogP contribution in [0.15, 0.2) is 23.3 Å². The average Bonchev–Trinajstić information content (AvgIpc) is 2.84. The summed E-state index contributed by atoms with van der Waals surface area (Å²) in [6.07, 6.45) is 4.70. The van der Waals surface area contributed by atoms with Gasteiger partial charge in [-0.2, -0.15) is 0 Å². The third-order valence-electron chi connectivity index (χ3n) is 2.76. The third-order valence-corrected chi connectivity index (χ3v) is 4.36. The SMILES string of the molecule is C/C=C(\CI)[C@@H](C)[C@@H]1C=C1[C@@H](C)I. The van der Waals surface area contributed by atoms with Gasteiger partial charge in [0.15, 0.2) is 0 Å². The molecule has 1 rings (SSSR count). The maximum atomic E-state index is 2.50. The quantitative estimate of drug-likeness (QED) is 0.372. The van der Waals surface area contributed by atoms with Gasteiger partial charge in [0.05, 0.1) is 0 Å². The van der Waals surface area contributed by atoms with E-state index in [0.29, 0.717) is 0 Å². The molecule has 0 saturated heterocycles. The molecule has 13 heavy (non-hydrogen) atoms. The van der Waals surface area contributed by atoms with Gasteiger partial charge in [0.2, 0.25) is 0 Å². The Morgan fingerprint density at radius 3 is 2.54 bits per heavy atom. The Morgan fingerprint density at radius 1 is 1.62 bits per heavy atom. The largest absolute Gasteiger partial charge is 0.0874 e. The highest BCUT2D eigenvalue weighted by Crippen LogP contribution is 2.43. The Kier molecular flexibility index (Phi) is 4.75. The number of allylic oxidation sites excluding steroid dienone is 4. The number of hydrogen-bond acceptors (Lipinski definition) is 0. The summed E-state index contributed by atoms with van der Waals surface area (Å²) < 4.78 is 1.89. The molecule has 1 aliphatic rings. The molecule has 0 amide bonds. The van der Waals surface area contributed by atoms with Crippen LogP contribution in [0, 0.1) is 11.8 Å². The third kappa shape index (κ3) is 2.94. The van der Waals surface area contributed by atoms with Crippen LogP contribution in [-0.4, -0.2) is 8.35 Å². The zero-order chi connectivity index (χ0) is 10.0. The van der Waals surface area contributed by atoms with E-state index in [4.69, 9.17) is 0 Å². The van der Waals surface area contributed by atoms with Gasteiger partial charge in [0.1, 0.15) is 0 Å². The minimum absolute atomic E-state index is 0.720. The molecule has 0 heterocycles. The molecule has 0 aromatic heterocycles. The standard InChI is InChI=1S/C11H16I2/c1-4-9(6-12)7(2)10-5-11(10)8(3)13/h4-5,7-8,10H,6H2,1-3H3/b9-4+/t7-,8-,10+/m1/s1. The van der Waals surface area contributed by atoms with E-state index in [-0.39, 0.29) is 0 Å². The summed E-state index contributed by atoms with van der Waals surface area (Å²) >= 11 is 4.96. The molecule has 0 saturated carbocycles. The van der Waals surface area contributed by atoms with Gasteiger partial charge in [-0.25, -0.2) is 0 Å². The van der Waals surface area contributed by atoms with Crippen molar-refractivity contribution in [2.45, 2.75) is 24.7 Å². The summed E-state index contributed by atoms with van der Waals surface area (Å²) in [4.78, 5) is 0.